The van der Waals surface area contributed by atoms with Crippen molar-refractivity contribution in [3.8, 4) is 0 Å². The van der Waals surface area contributed by atoms with Crippen LogP contribution in [0.4, 0.5) is 5.69 Å². The standard InChI is InChI=1S/C14H21BrN2O/c1-9-8-10(15)6-7-11(9)17-12(18)13(2,3)14(4,5)16/h6-8H,16H2,1-5H3,(H,17,18). The third-order valence-corrected chi connectivity index (χ3v) is 4.11. The molecule has 0 fully saturated rings. The van der Waals surface area contributed by atoms with Crippen molar-refractivity contribution in [2.45, 2.75) is 40.2 Å². The maximum absolute atomic E-state index is 12.3. The summed E-state index contributed by atoms with van der Waals surface area (Å²) in [6.45, 7) is 9.40. The quantitative estimate of drug-likeness (QED) is 0.898. The number of hydrogen-bond donors (Lipinski definition) is 2. The second kappa shape index (κ2) is 5.02. The van der Waals surface area contributed by atoms with Crippen molar-refractivity contribution in [1.29, 1.82) is 0 Å². The van der Waals surface area contributed by atoms with Gasteiger partial charge in [-0.3, -0.25) is 4.79 Å². The van der Waals surface area contributed by atoms with Crippen LogP contribution in [0.1, 0.15) is 33.3 Å². The summed E-state index contributed by atoms with van der Waals surface area (Å²) in [5.74, 6) is -0.0691. The Morgan fingerprint density at radius 2 is 1.83 bits per heavy atom. The molecule has 100 valence electrons. The molecular weight excluding hydrogens is 292 g/mol. The summed E-state index contributed by atoms with van der Waals surface area (Å²) in [4.78, 5) is 12.3. The minimum atomic E-state index is -0.646. The fraction of sp³-hybridized carbons (Fsp3) is 0.500. The largest absolute Gasteiger partial charge is 0.325 e. The van der Waals surface area contributed by atoms with E-state index in [0.29, 0.717) is 0 Å². The third kappa shape index (κ3) is 3.12. The van der Waals surface area contributed by atoms with E-state index in [4.69, 9.17) is 5.73 Å². The van der Waals surface area contributed by atoms with E-state index in [2.05, 4.69) is 21.2 Å². The molecule has 0 heterocycles. The Morgan fingerprint density at radius 3 is 2.28 bits per heavy atom. The van der Waals surface area contributed by atoms with Gasteiger partial charge < -0.3 is 11.1 Å². The van der Waals surface area contributed by atoms with Gasteiger partial charge >= 0.3 is 0 Å². The molecule has 1 aromatic rings. The van der Waals surface area contributed by atoms with Crippen molar-refractivity contribution in [1.82, 2.24) is 0 Å². The van der Waals surface area contributed by atoms with Gasteiger partial charge in [0, 0.05) is 15.7 Å². The normalized spacial score (nSPS) is 12.4. The highest BCUT2D eigenvalue weighted by atomic mass is 79.9. The van der Waals surface area contributed by atoms with Crippen LogP contribution in [-0.4, -0.2) is 11.4 Å². The Balaban J connectivity index is 2.95. The van der Waals surface area contributed by atoms with E-state index >= 15 is 0 Å². The van der Waals surface area contributed by atoms with E-state index in [9.17, 15) is 4.79 Å². The minimum Gasteiger partial charge on any atom is -0.325 e. The first-order chi connectivity index (χ1) is 8.05. The molecule has 3 N–H and O–H groups in total. The molecule has 0 saturated heterocycles. The molecule has 0 atom stereocenters. The minimum absolute atomic E-state index is 0.0691. The van der Waals surface area contributed by atoms with Crippen LogP contribution >= 0.6 is 15.9 Å². The van der Waals surface area contributed by atoms with Crippen LogP contribution in [0.5, 0.6) is 0 Å². The van der Waals surface area contributed by atoms with E-state index in [1.165, 1.54) is 0 Å². The maximum atomic E-state index is 12.3. The summed E-state index contributed by atoms with van der Waals surface area (Å²) in [5.41, 5.74) is 6.67. The zero-order valence-electron chi connectivity index (χ0n) is 11.6. The van der Waals surface area contributed by atoms with E-state index in [-0.39, 0.29) is 5.91 Å². The van der Waals surface area contributed by atoms with Gasteiger partial charge in [0.25, 0.3) is 0 Å². The van der Waals surface area contributed by atoms with Crippen molar-refractivity contribution in [2.75, 3.05) is 5.32 Å². The van der Waals surface area contributed by atoms with Crippen LogP contribution in [0.25, 0.3) is 0 Å². The Bertz CT molecular complexity index is 461. The highest BCUT2D eigenvalue weighted by Crippen LogP contribution is 2.30. The van der Waals surface area contributed by atoms with Crippen LogP contribution in [0.3, 0.4) is 0 Å². The predicted molar refractivity (Wildman–Crippen MR) is 79.6 cm³/mol. The summed E-state index contributed by atoms with van der Waals surface area (Å²) in [6, 6.07) is 5.76. The van der Waals surface area contributed by atoms with Gasteiger partial charge in [0.2, 0.25) is 5.91 Å². The molecule has 0 radical (unpaired) electrons. The predicted octanol–water partition coefficient (Wildman–Crippen LogP) is 3.46. The van der Waals surface area contributed by atoms with Gasteiger partial charge in [-0.25, -0.2) is 0 Å². The van der Waals surface area contributed by atoms with Gasteiger partial charge in [-0.05, 0) is 58.4 Å². The van der Waals surface area contributed by atoms with Crippen LogP contribution in [0, 0.1) is 12.3 Å². The lowest BCUT2D eigenvalue weighted by Crippen LogP contribution is -2.53. The lowest BCUT2D eigenvalue weighted by Gasteiger charge is -2.37. The number of carbonyl (C=O) groups is 1. The molecule has 0 aliphatic rings. The summed E-state index contributed by atoms with van der Waals surface area (Å²) in [6.07, 6.45) is 0. The highest BCUT2D eigenvalue weighted by molar-refractivity contribution is 9.10. The number of amides is 1. The first-order valence-corrected chi connectivity index (χ1v) is 6.71. The van der Waals surface area contributed by atoms with E-state index < -0.39 is 11.0 Å². The average molecular weight is 313 g/mol. The van der Waals surface area contributed by atoms with Crippen LogP contribution in [0.2, 0.25) is 0 Å². The molecule has 0 aromatic heterocycles. The molecule has 0 saturated carbocycles. The Morgan fingerprint density at radius 1 is 1.28 bits per heavy atom. The van der Waals surface area contributed by atoms with Crippen LogP contribution in [-0.2, 0) is 4.79 Å². The summed E-state index contributed by atoms with van der Waals surface area (Å²) >= 11 is 3.40. The van der Waals surface area contributed by atoms with E-state index in [1.54, 1.807) is 0 Å². The molecule has 0 aliphatic heterocycles. The van der Waals surface area contributed by atoms with Crippen molar-refractivity contribution in [3.05, 3.63) is 28.2 Å². The number of nitrogens with one attached hydrogen (secondary N) is 1. The van der Waals surface area contributed by atoms with Crippen molar-refractivity contribution in [2.24, 2.45) is 11.1 Å². The molecule has 1 rings (SSSR count). The highest BCUT2D eigenvalue weighted by Gasteiger charge is 2.40. The van der Waals surface area contributed by atoms with Gasteiger partial charge in [-0.2, -0.15) is 0 Å². The van der Waals surface area contributed by atoms with Gasteiger partial charge in [0.1, 0.15) is 0 Å². The van der Waals surface area contributed by atoms with Crippen molar-refractivity contribution >= 4 is 27.5 Å². The SMILES string of the molecule is Cc1cc(Br)ccc1NC(=O)C(C)(C)C(C)(C)N. The Hall–Kier alpha value is -0.870. The van der Waals surface area contributed by atoms with E-state index in [0.717, 1.165) is 15.7 Å². The number of nitrogens with two attached hydrogens (primary N) is 1. The first kappa shape index (κ1) is 15.2. The zero-order valence-corrected chi connectivity index (χ0v) is 13.2. The monoisotopic (exact) mass is 312 g/mol. The lowest BCUT2D eigenvalue weighted by molar-refractivity contribution is -0.126. The molecule has 1 amide bonds. The Labute approximate surface area is 117 Å². The number of hydrogen-bond acceptors (Lipinski definition) is 2. The number of rotatable bonds is 3. The molecular formula is C14H21BrN2O. The molecule has 0 bridgehead atoms. The zero-order chi connectivity index (χ0) is 14.1. The first-order valence-electron chi connectivity index (χ1n) is 5.92. The van der Waals surface area contributed by atoms with Gasteiger partial charge in [-0.15, -0.1) is 0 Å². The molecule has 1 aromatic carbocycles. The van der Waals surface area contributed by atoms with Crippen LogP contribution in [0.15, 0.2) is 22.7 Å². The third-order valence-electron chi connectivity index (χ3n) is 3.62. The fourth-order valence-corrected chi connectivity index (χ4v) is 1.81. The van der Waals surface area contributed by atoms with Gasteiger partial charge in [0.15, 0.2) is 0 Å². The molecule has 0 unspecified atom stereocenters. The topological polar surface area (TPSA) is 55.1 Å². The van der Waals surface area contributed by atoms with Crippen LogP contribution < -0.4 is 11.1 Å². The fourth-order valence-electron chi connectivity index (χ4n) is 1.34. The average Bonchev–Trinajstić information content (AvgIpc) is 2.20. The van der Waals surface area contributed by atoms with Crippen molar-refractivity contribution < 1.29 is 4.79 Å². The molecule has 18 heavy (non-hydrogen) atoms. The number of halogens is 1. The summed E-state index contributed by atoms with van der Waals surface area (Å²) < 4.78 is 0.997. The second-order valence-electron chi connectivity index (χ2n) is 5.76. The number of carbonyl (C=O) groups excluding carboxylic acids is 1. The smallest absolute Gasteiger partial charge is 0.231 e. The molecule has 3 nitrogen and oxygen atoms in total. The summed E-state index contributed by atoms with van der Waals surface area (Å²) in [7, 11) is 0. The molecule has 4 heteroatoms. The lowest BCUT2D eigenvalue weighted by atomic mass is 9.74. The number of benzene rings is 1. The van der Waals surface area contributed by atoms with E-state index in [1.807, 2.05) is 52.8 Å². The van der Waals surface area contributed by atoms with Gasteiger partial charge in [-0.1, -0.05) is 15.9 Å². The maximum Gasteiger partial charge on any atom is 0.231 e. The Kier molecular flexibility index (Phi) is 4.23. The summed E-state index contributed by atoms with van der Waals surface area (Å²) in [5, 5.41) is 2.94. The second-order valence-corrected chi connectivity index (χ2v) is 6.68. The molecule has 0 aliphatic carbocycles. The number of aryl methyl sites for hydroxylation is 1. The van der Waals surface area contributed by atoms with Gasteiger partial charge in [0.05, 0.1) is 5.41 Å². The van der Waals surface area contributed by atoms with Crippen molar-refractivity contribution in [3.63, 3.8) is 0 Å². The number of anilines is 1. The molecule has 0 spiro atoms.